The van der Waals surface area contributed by atoms with Crippen molar-refractivity contribution in [2.24, 2.45) is 5.14 Å². The maximum atomic E-state index is 12.1. The molecule has 1 aliphatic heterocycles. The van der Waals surface area contributed by atoms with Crippen LogP contribution in [-0.4, -0.2) is 50.0 Å². The van der Waals surface area contributed by atoms with Crippen molar-refractivity contribution in [3.8, 4) is 0 Å². The van der Waals surface area contributed by atoms with E-state index in [4.69, 9.17) is 5.14 Å². The number of amides is 2. The number of carbonyl (C=O) groups is 2. The third-order valence-electron chi connectivity index (χ3n) is 4.17. The zero-order valence-electron chi connectivity index (χ0n) is 13.6. The summed E-state index contributed by atoms with van der Waals surface area (Å²) in [5.74, 6) is -0.443. The molecular weight excluding hydrogens is 330 g/mol. The topological polar surface area (TPSA) is 110 Å². The van der Waals surface area contributed by atoms with Gasteiger partial charge in [0.2, 0.25) is 21.8 Å². The Kier molecular flexibility index (Phi) is 5.95. The lowest BCUT2D eigenvalue weighted by atomic mass is 9.94. The molecule has 3 N–H and O–H groups in total. The molecule has 0 spiro atoms. The van der Waals surface area contributed by atoms with Crippen LogP contribution in [0.4, 0.5) is 0 Å². The number of nitrogens with one attached hydrogen (secondary N) is 1. The van der Waals surface area contributed by atoms with Crippen LogP contribution in [0.2, 0.25) is 0 Å². The molecule has 1 fully saturated rings. The van der Waals surface area contributed by atoms with Gasteiger partial charge in [-0.05, 0) is 12.0 Å². The summed E-state index contributed by atoms with van der Waals surface area (Å²) in [6.07, 6.45) is 0.276. The number of primary sulfonamides is 1. The molecule has 0 saturated carbocycles. The maximum absolute atomic E-state index is 12.1. The summed E-state index contributed by atoms with van der Waals surface area (Å²) in [6.45, 7) is 2.52. The minimum Gasteiger partial charge on any atom is -0.351 e. The van der Waals surface area contributed by atoms with Gasteiger partial charge in [0, 0.05) is 32.4 Å². The molecule has 0 radical (unpaired) electrons. The largest absolute Gasteiger partial charge is 0.351 e. The summed E-state index contributed by atoms with van der Waals surface area (Å²) in [5.41, 5.74) is 1.07. The zero-order chi connectivity index (χ0) is 17.7. The monoisotopic (exact) mass is 353 g/mol. The van der Waals surface area contributed by atoms with Crippen molar-refractivity contribution in [1.82, 2.24) is 10.2 Å². The van der Waals surface area contributed by atoms with Crippen LogP contribution >= 0.6 is 0 Å². The van der Waals surface area contributed by atoms with Crippen LogP contribution in [-0.2, 0) is 19.6 Å². The summed E-state index contributed by atoms with van der Waals surface area (Å²) < 4.78 is 21.8. The summed E-state index contributed by atoms with van der Waals surface area (Å²) in [4.78, 5) is 25.5. The van der Waals surface area contributed by atoms with E-state index in [1.165, 1.54) is 6.92 Å². The third-order valence-corrected chi connectivity index (χ3v) is 5.03. The van der Waals surface area contributed by atoms with Crippen LogP contribution in [0.3, 0.4) is 0 Å². The molecule has 132 valence electrons. The Morgan fingerprint density at radius 1 is 1.25 bits per heavy atom. The van der Waals surface area contributed by atoms with E-state index >= 15 is 0 Å². The SMILES string of the molecule is CC(=O)N1C[C@H](NC(=O)CCCS(N)(=O)=O)[C@@H](c2ccccc2)C1. The van der Waals surface area contributed by atoms with E-state index in [2.05, 4.69) is 5.32 Å². The number of nitrogens with two attached hydrogens (primary N) is 1. The summed E-state index contributed by atoms with van der Waals surface area (Å²) in [7, 11) is -3.55. The fraction of sp³-hybridized carbons (Fsp3) is 0.500. The van der Waals surface area contributed by atoms with Crippen molar-refractivity contribution >= 4 is 21.8 Å². The lowest BCUT2D eigenvalue weighted by Gasteiger charge is -2.20. The van der Waals surface area contributed by atoms with E-state index in [1.807, 2.05) is 30.3 Å². The van der Waals surface area contributed by atoms with Gasteiger partial charge in [-0.3, -0.25) is 9.59 Å². The van der Waals surface area contributed by atoms with Gasteiger partial charge in [-0.1, -0.05) is 30.3 Å². The molecule has 0 unspecified atom stereocenters. The number of likely N-dealkylation sites (tertiary alicyclic amines) is 1. The minimum absolute atomic E-state index is 0.0253. The van der Waals surface area contributed by atoms with Crippen molar-refractivity contribution < 1.29 is 18.0 Å². The van der Waals surface area contributed by atoms with E-state index < -0.39 is 10.0 Å². The standard InChI is InChI=1S/C16H23N3O4S/c1-12(20)19-10-14(13-6-3-2-4-7-13)15(11-19)18-16(21)8-5-9-24(17,22)23/h2-4,6-7,14-15H,5,8-11H2,1H3,(H,18,21)(H2,17,22,23)/t14-,15+/m1/s1. The van der Waals surface area contributed by atoms with Gasteiger partial charge < -0.3 is 10.2 Å². The number of nitrogens with zero attached hydrogens (tertiary/aromatic N) is 1. The average molecular weight is 353 g/mol. The Balaban J connectivity index is 2.00. The van der Waals surface area contributed by atoms with E-state index in [0.29, 0.717) is 13.1 Å². The highest BCUT2D eigenvalue weighted by atomic mass is 32.2. The molecule has 0 bridgehead atoms. The van der Waals surface area contributed by atoms with Crippen molar-refractivity contribution in [3.63, 3.8) is 0 Å². The van der Waals surface area contributed by atoms with Gasteiger partial charge in [0.1, 0.15) is 0 Å². The molecule has 1 heterocycles. The first-order valence-electron chi connectivity index (χ1n) is 7.86. The van der Waals surface area contributed by atoms with Crippen LogP contribution in [0.5, 0.6) is 0 Å². The molecule has 24 heavy (non-hydrogen) atoms. The number of hydrogen-bond donors (Lipinski definition) is 2. The number of sulfonamides is 1. The van der Waals surface area contributed by atoms with E-state index in [0.717, 1.165) is 5.56 Å². The van der Waals surface area contributed by atoms with E-state index in [-0.39, 0.29) is 42.4 Å². The second-order valence-electron chi connectivity index (χ2n) is 6.09. The van der Waals surface area contributed by atoms with Crippen molar-refractivity contribution in [3.05, 3.63) is 35.9 Å². The Bertz CT molecular complexity index is 691. The Labute approximate surface area is 142 Å². The van der Waals surface area contributed by atoms with Gasteiger partial charge in [-0.15, -0.1) is 0 Å². The van der Waals surface area contributed by atoms with Gasteiger partial charge in [0.05, 0.1) is 11.8 Å². The molecule has 7 nitrogen and oxygen atoms in total. The first-order chi connectivity index (χ1) is 11.3. The van der Waals surface area contributed by atoms with Crippen molar-refractivity contribution in [1.29, 1.82) is 0 Å². The highest BCUT2D eigenvalue weighted by molar-refractivity contribution is 7.89. The maximum Gasteiger partial charge on any atom is 0.220 e. The van der Waals surface area contributed by atoms with E-state index in [1.54, 1.807) is 4.90 Å². The van der Waals surface area contributed by atoms with Crippen LogP contribution in [0, 0.1) is 0 Å². The molecule has 2 amide bonds. The lowest BCUT2D eigenvalue weighted by molar-refractivity contribution is -0.128. The Hall–Kier alpha value is -1.93. The third kappa shape index (κ3) is 5.31. The fourth-order valence-electron chi connectivity index (χ4n) is 2.96. The van der Waals surface area contributed by atoms with Gasteiger partial charge in [-0.25, -0.2) is 13.6 Å². The van der Waals surface area contributed by atoms with Gasteiger partial charge in [0.25, 0.3) is 0 Å². The normalized spacial score (nSPS) is 20.8. The molecule has 2 rings (SSSR count). The molecule has 0 aromatic heterocycles. The van der Waals surface area contributed by atoms with Gasteiger partial charge in [-0.2, -0.15) is 0 Å². The second-order valence-corrected chi connectivity index (χ2v) is 7.82. The van der Waals surface area contributed by atoms with Crippen molar-refractivity contribution in [2.45, 2.75) is 31.7 Å². The average Bonchev–Trinajstić information content (AvgIpc) is 2.91. The highest BCUT2D eigenvalue weighted by Crippen LogP contribution is 2.27. The van der Waals surface area contributed by atoms with Gasteiger partial charge >= 0.3 is 0 Å². The highest BCUT2D eigenvalue weighted by Gasteiger charge is 2.35. The number of benzene rings is 1. The molecule has 1 aromatic carbocycles. The number of rotatable bonds is 6. The predicted molar refractivity (Wildman–Crippen MR) is 90.6 cm³/mol. The van der Waals surface area contributed by atoms with Crippen LogP contribution in [0.15, 0.2) is 30.3 Å². The van der Waals surface area contributed by atoms with Crippen LogP contribution in [0.25, 0.3) is 0 Å². The molecule has 1 aromatic rings. The smallest absolute Gasteiger partial charge is 0.220 e. The number of hydrogen-bond acceptors (Lipinski definition) is 4. The van der Waals surface area contributed by atoms with Crippen LogP contribution in [0.1, 0.15) is 31.2 Å². The van der Waals surface area contributed by atoms with Crippen molar-refractivity contribution in [2.75, 3.05) is 18.8 Å². The molecule has 8 heteroatoms. The second kappa shape index (κ2) is 7.76. The molecule has 2 atom stereocenters. The Morgan fingerprint density at radius 3 is 2.50 bits per heavy atom. The minimum atomic E-state index is -3.55. The fourth-order valence-corrected chi connectivity index (χ4v) is 3.50. The van der Waals surface area contributed by atoms with Crippen LogP contribution < -0.4 is 10.5 Å². The quantitative estimate of drug-likeness (QED) is 0.760. The summed E-state index contributed by atoms with van der Waals surface area (Å²) >= 11 is 0. The lowest BCUT2D eigenvalue weighted by Crippen LogP contribution is -2.40. The first kappa shape index (κ1) is 18.4. The van der Waals surface area contributed by atoms with E-state index in [9.17, 15) is 18.0 Å². The zero-order valence-corrected chi connectivity index (χ0v) is 14.5. The summed E-state index contributed by atoms with van der Waals surface area (Å²) in [6, 6.07) is 9.55. The van der Waals surface area contributed by atoms with Gasteiger partial charge in [0.15, 0.2) is 0 Å². The molecule has 1 saturated heterocycles. The molecule has 0 aliphatic carbocycles. The molecular formula is C16H23N3O4S. The first-order valence-corrected chi connectivity index (χ1v) is 9.58. The molecule has 1 aliphatic rings. The predicted octanol–water partition coefficient (Wildman–Crippen LogP) is 0.186. The number of carbonyl (C=O) groups excluding carboxylic acids is 2. The summed E-state index contributed by atoms with van der Waals surface area (Å²) in [5, 5.41) is 7.86. The Morgan fingerprint density at radius 2 is 1.92 bits per heavy atom.